The van der Waals surface area contributed by atoms with Crippen molar-refractivity contribution in [2.24, 2.45) is 0 Å². The zero-order valence-electron chi connectivity index (χ0n) is 12.8. The average molecular weight is 285 g/mol. The first-order valence-corrected chi connectivity index (χ1v) is 7.77. The maximum atomic E-state index is 12.8. The summed E-state index contributed by atoms with van der Waals surface area (Å²) < 4.78 is 0. The summed E-state index contributed by atoms with van der Waals surface area (Å²) in [5, 5.41) is 1.03. The van der Waals surface area contributed by atoms with Gasteiger partial charge in [-0.2, -0.15) is 0 Å². The van der Waals surface area contributed by atoms with Gasteiger partial charge in [0, 0.05) is 48.8 Å². The first kappa shape index (κ1) is 14.3. The van der Waals surface area contributed by atoms with E-state index >= 15 is 0 Å². The molecule has 4 nitrogen and oxygen atoms in total. The highest BCUT2D eigenvalue weighted by Crippen LogP contribution is 2.21. The molecule has 4 heteroatoms. The van der Waals surface area contributed by atoms with Crippen molar-refractivity contribution in [3.05, 3.63) is 36.0 Å². The maximum absolute atomic E-state index is 12.8. The van der Waals surface area contributed by atoms with Crippen LogP contribution in [0.3, 0.4) is 0 Å². The van der Waals surface area contributed by atoms with Crippen molar-refractivity contribution in [3.63, 3.8) is 0 Å². The maximum Gasteiger partial charge on any atom is 0.181 e. The molecule has 0 amide bonds. The number of hydrogen-bond acceptors (Lipinski definition) is 3. The number of ketones is 1. The summed E-state index contributed by atoms with van der Waals surface area (Å²) in [7, 11) is 0. The van der Waals surface area contributed by atoms with E-state index in [1.54, 1.807) is 0 Å². The Bertz CT molecular complexity index is 626. The van der Waals surface area contributed by atoms with Crippen molar-refractivity contribution >= 4 is 16.7 Å². The summed E-state index contributed by atoms with van der Waals surface area (Å²) in [6, 6.07) is 7.94. The second kappa shape index (κ2) is 6.00. The summed E-state index contributed by atoms with van der Waals surface area (Å²) in [5.41, 5.74) is 1.85. The molecule has 0 saturated carbocycles. The zero-order valence-corrected chi connectivity index (χ0v) is 12.8. The Morgan fingerprint density at radius 1 is 1.24 bits per heavy atom. The van der Waals surface area contributed by atoms with E-state index in [9.17, 15) is 4.79 Å². The Kier molecular flexibility index (Phi) is 4.08. The van der Waals surface area contributed by atoms with Crippen LogP contribution in [0.15, 0.2) is 30.5 Å². The molecule has 1 unspecified atom stereocenters. The van der Waals surface area contributed by atoms with Crippen LogP contribution in [0.2, 0.25) is 0 Å². The molecule has 1 atom stereocenters. The highest BCUT2D eigenvalue weighted by atomic mass is 16.1. The third-order valence-corrected chi connectivity index (χ3v) is 4.64. The van der Waals surface area contributed by atoms with Gasteiger partial charge in [0.05, 0.1) is 6.04 Å². The minimum atomic E-state index is -0.0526. The molecule has 1 aliphatic heterocycles. The van der Waals surface area contributed by atoms with Crippen LogP contribution in [0, 0.1) is 0 Å². The SMILES string of the molecule is CCN1CCN(C(C)C(=O)c2c[nH]c3ccccc23)CC1. The fourth-order valence-electron chi connectivity index (χ4n) is 3.13. The summed E-state index contributed by atoms with van der Waals surface area (Å²) in [4.78, 5) is 20.7. The van der Waals surface area contributed by atoms with Gasteiger partial charge >= 0.3 is 0 Å². The number of Topliss-reactive ketones (excluding diaryl/α,β-unsaturated/α-hetero) is 1. The third kappa shape index (κ3) is 2.74. The molecule has 1 aliphatic rings. The number of hydrogen-bond donors (Lipinski definition) is 1. The van der Waals surface area contributed by atoms with Crippen molar-refractivity contribution in [2.75, 3.05) is 32.7 Å². The minimum absolute atomic E-state index is 0.0526. The Hall–Kier alpha value is -1.65. The van der Waals surface area contributed by atoms with E-state index in [0.717, 1.165) is 49.2 Å². The number of nitrogens with one attached hydrogen (secondary N) is 1. The average Bonchev–Trinajstić information content (AvgIpc) is 2.97. The number of para-hydroxylation sites is 1. The standard InChI is InChI=1S/C17H23N3O/c1-3-19-8-10-20(11-9-19)13(2)17(21)15-12-18-16-7-5-4-6-14(15)16/h4-7,12-13,18H,3,8-11H2,1-2H3. The number of carbonyl (C=O) groups excluding carboxylic acids is 1. The Labute approximate surface area is 125 Å². The van der Waals surface area contributed by atoms with E-state index in [1.165, 1.54) is 0 Å². The van der Waals surface area contributed by atoms with Gasteiger partial charge in [-0.25, -0.2) is 0 Å². The number of rotatable bonds is 4. The molecule has 0 aliphatic carbocycles. The van der Waals surface area contributed by atoms with Gasteiger partial charge in [-0.15, -0.1) is 0 Å². The number of likely N-dealkylation sites (N-methyl/N-ethyl adjacent to an activating group) is 1. The molecule has 1 aromatic heterocycles. The van der Waals surface area contributed by atoms with Crippen LogP contribution in [0.1, 0.15) is 24.2 Å². The van der Waals surface area contributed by atoms with Crippen molar-refractivity contribution in [1.29, 1.82) is 0 Å². The molecule has 0 spiro atoms. The predicted molar refractivity (Wildman–Crippen MR) is 85.8 cm³/mol. The molecule has 1 aromatic carbocycles. The van der Waals surface area contributed by atoms with Gasteiger partial charge in [-0.1, -0.05) is 25.1 Å². The van der Waals surface area contributed by atoms with Gasteiger partial charge in [-0.05, 0) is 19.5 Å². The number of aromatic nitrogens is 1. The van der Waals surface area contributed by atoms with Crippen molar-refractivity contribution < 1.29 is 4.79 Å². The quantitative estimate of drug-likeness (QED) is 0.877. The van der Waals surface area contributed by atoms with Crippen LogP contribution in [0.4, 0.5) is 0 Å². The lowest BCUT2D eigenvalue weighted by molar-refractivity contribution is 0.0711. The van der Waals surface area contributed by atoms with Crippen LogP contribution < -0.4 is 0 Å². The predicted octanol–water partition coefficient (Wildman–Crippen LogP) is 2.38. The van der Waals surface area contributed by atoms with E-state index in [4.69, 9.17) is 0 Å². The molecule has 0 radical (unpaired) electrons. The molecule has 1 N–H and O–H groups in total. The van der Waals surface area contributed by atoms with Crippen molar-refractivity contribution in [3.8, 4) is 0 Å². The smallest absolute Gasteiger partial charge is 0.181 e. The van der Waals surface area contributed by atoms with Crippen LogP contribution >= 0.6 is 0 Å². The first-order valence-electron chi connectivity index (χ1n) is 7.77. The number of H-pyrrole nitrogens is 1. The fraction of sp³-hybridized carbons (Fsp3) is 0.471. The summed E-state index contributed by atoms with van der Waals surface area (Å²) in [6.07, 6.45) is 1.85. The second-order valence-corrected chi connectivity index (χ2v) is 5.76. The Morgan fingerprint density at radius 2 is 1.95 bits per heavy atom. The highest BCUT2D eigenvalue weighted by molar-refractivity contribution is 6.10. The molecule has 0 bridgehead atoms. The summed E-state index contributed by atoms with van der Waals surface area (Å²) in [5.74, 6) is 0.220. The molecule has 112 valence electrons. The van der Waals surface area contributed by atoms with Crippen LogP contribution in [0.5, 0.6) is 0 Å². The van der Waals surface area contributed by atoms with Gasteiger partial charge in [0.25, 0.3) is 0 Å². The lowest BCUT2D eigenvalue weighted by atomic mass is 10.0. The zero-order chi connectivity index (χ0) is 14.8. The molecule has 1 saturated heterocycles. The van der Waals surface area contributed by atoms with Gasteiger partial charge in [-0.3, -0.25) is 9.69 Å². The van der Waals surface area contributed by atoms with E-state index < -0.39 is 0 Å². The monoisotopic (exact) mass is 285 g/mol. The van der Waals surface area contributed by atoms with Crippen LogP contribution in [-0.2, 0) is 0 Å². The van der Waals surface area contributed by atoms with E-state index in [1.807, 2.05) is 37.4 Å². The molecule has 3 rings (SSSR count). The van der Waals surface area contributed by atoms with Gasteiger partial charge in [0.15, 0.2) is 5.78 Å². The summed E-state index contributed by atoms with van der Waals surface area (Å²) in [6.45, 7) is 9.39. The fourth-order valence-corrected chi connectivity index (χ4v) is 3.13. The van der Waals surface area contributed by atoms with E-state index in [2.05, 4.69) is 21.7 Å². The topological polar surface area (TPSA) is 39.3 Å². The lowest BCUT2D eigenvalue weighted by Crippen LogP contribution is -2.51. The number of piperazine rings is 1. The summed E-state index contributed by atoms with van der Waals surface area (Å²) >= 11 is 0. The highest BCUT2D eigenvalue weighted by Gasteiger charge is 2.27. The third-order valence-electron chi connectivity index (χ3n) is 4.64. The van der Waals surface area contributed by atoms with E-state index in [-0.39, 0.29) is 11.8 Å². The Balaban J connectivity index is 1.76. The molecule has 2 heterocycles. The number of aromatic amines is 1. The lowest BCUT2D eigenvalue weighted by Gasteiger charge is -2.36. The molecule has 21 heavy (non-hydrogen) atoms. The normalized spacial score (nSPS) is 19.0. The van der Waals surface area contributed by atoms with Crippen LogP contribution in [0.25, 0.3) is 10.9 Å². The van der Waals surface area contributed by atoms with Gasteiger partial charge in [0.1, 0.15) is 0 Å². The molecule has 1 fully saturated rings. The molecular formula is C17H23N3O. The Morgan fingerprint density at radius 3 is 2.67 bits per heavy atom. The van der Waals surface area contributed by atoms with Gasteiger partial charge < -0.3 is 9.88 Å². The van der Waals surface area contributed by atoms with Gasteiger partial charge in [0.2, 0.25) is 0 Å². The number of fused-ring (bicyclic) bond motifs is 1. The van der Waals surface area contributed by atoms with Crippen LogP contribution in [-0.4, -0.2) is 59.3 Å². The molecule has 2 aromatic rings. The van der Waals surface area contributed by atoms with Crippen molar-refractivity contribution in [1.82, 2.24) is 14.8 Å². The van der Waals surface area contributed by atoms with Crippen molar-refractivity contribution in [2.45, 2.75) is 19.9 Å². The number of nitrogens with zero attached hydrogens (tertiary/aromatic N) is 2. The molecular weight excluding hydrogens is 262 g/mol. The first-order chi connectivity index (χ1) is 10.2. The second-order valence-electron chi connectivity index (χ2n) is 5.76. The number of benzene rings is 1. The minimum Gasteiger partial charge on any atom is -0.360 e. The largest absolute Gasteiger partial charge is 0.360 e. The number of carbonyl (C=O) groups is 1. The van der Waals surface area contributed by atoms with E-state index in [0.29, 0.717) is 0 Å².